The van der Waals surface area contributed by atoms with Crippen LogP contribution in [0.1, 0.15) is 32.1 Å². The molecule has 0 aliphatic carbocycles. The van der Waals surface area contributed by atoms with Crippen molar-refractivity contribution in [1.82, 2.24) is 9.21 Å². The second-order valence-corrected chi connectivity index (χ2v) is 9.17. The molecule has 1 N–H and O–H groups in total. The molecule has 9 heteroatoms. The van der Waals surface area contributed by atoms with Gasteiger partial charge in [-0.25, -0.2) is 13.2 Å². The number of benzene rings is 1. The Bertz CT molecular complexity index is 803. The van der Waals surface area contributed by atoms with Crippen LogP contribution >= 0.6 is 0 Å². The molecule has 1 aromatic carbocycles. The van der Waals surface area contributed by atoms with Crippen molar-refractivity contribution in [2.24, 2.45) is 5.92 Å². The Morgan fingerprint density at radius 3 is 2.36 bits per heavy atom. The fourth-order valence-electron chi connectivity index (χ4n) is 3.76. The van der Waals surface area contributed by atoms with Gasteiger partial charge in [-0.2, -0.15) is 4.31 Å². The minimum absolute atomic E-state index is 0.0808. The number of nitrogens with zero attached hydrogens (tertiary/aromatic N) is 2. The smallest absolute Gasteiger partial charge is 0.411 e. The Morgan fingerprint density at radius 1 is 1.04 bits per heavy atom. The lowest BCUT2D eigenvalue weighted by Crippen LogP contribution is -2.47. The third-order valence-corrected chi connectivity index (χ3v) is 7.20. The van der Waals surface area contributed by atoms with Crippen LogP contribution in [0.2, 0.25) is 0 Å². The molecule has 0 bridgehead atoms. The molecule has 28 heavy (non-hydrogen) atoms. The van der Waals surface area contributed by atoms with Crippen LogP contribution in [0.5, 0.6) is 0 Å². The summed E-state index contributed by atoms with van der Waals surface area (Å²) in [7, 11) is -2.44. The van der Waals surface area contributed by atoms with E-state index < -0.39 is 16.1 Å². The van der Waals surface area contributed by atoms with Crippen molar-refractivity contribution < 1.29 is 22.7 Å². The highest BCUT2D eigenvalue weighted by atomic mass is 32.2. The highest BCUT2D eigenvalue weighted by molar-refractivity contribution is 7.89. The van der Waals surface area contributed by atoms with Gasteiger partial charge >= 0.3 is 6.09 Å². The van der Waals surface area contributed by atoms with Gasteiger partial charge in [0.15, 0.2) is 0 Å². The van der Waals surface area contributed by atoms with E-state index >= 15 is 0 Å². The monoisotopic (exact) mass is 409 g/mol. The van der Waals surface area contributed by atoms with E-state index in [1.807, 2.05) is 4.90 Å². The Morgan fingerprint density at radius 2 is 1.71 bits per heavy atom. The average Bonchev–Trinajstić information content (AvgIpc) is 2.74. The first-order valence-electron chi connectivity index (χ1n) is 9.66. The van der Waals surface area contributed by atoms with Crippen molar-refractivity contribution in [3.8, 4) is 0 Å². The predicted molar refractivity (Wildman–Crippen MR) is 104 cm³/mol. The number of sulfonamides is 1. The molecule has 1 aromatic rings. The van der Waals surface area contributed by atoms with Crippen molar-refractivity contribution in [3.63, 3.8) is 0 Å². The molecular weight excluding hydrogens is 382 g/mol. The van der Waals surface area contributed by atoms with E-state index in [0.29, 0.717) is 18.7 Å². The van der Waals surface area contributed by atoms with E-state index in [0.717, 1.165) is 38.8 Å². The summed E-state index contributed by atoms with van der Waals surface area (Å²) in [6, 6.07) is 5.95. The van der Waals surface area contributed by atoms with Gasteiger partial charge in [0.05, 0.1) is 17.9 Å². The Kier molecular flexibility index (Phi) is 6.56. The van der Waals surface area contributed by atoms with Crippen molar-refractivity contribution in [1.29, 1.82) is 0 Å². The summed E-state index contributed by atoms with van der Waals surface area (Å²) in [5.41, 5.74) is 0.447. The summed E-state index contributed by atoms with van der Waals surface area (Å²) in [4.78, 5) is 26.1. The molecular formula is C19H27N3O5S. The first-order chi connectivity index (χ1) is 13.4. The number of hydrogen-bond acceptors (Lipinski definition) is 5. The summed E-state index contributed by atoms with van der Waals surface area (Å²) >= 11 is 0. The molecule has 0 spiro atoms. The van der Waals surface area contributed by atoms with Crippen LogP contribution in [-0.4, -0.2) is 62.9 Å². The lowest BCUT2D eigenvalue weighted by atomic mass is 9.97. The maximum atomic E-state index is 13.0. The van der Waals surface area contributed by atoms with E-state index in [-0.39, 0.29) is 23.3 Å². The summed E-state index contributed by atoms with van der Waals surface area (Å²) in [6.45, 7) is 2.18. The summed E-state index contributed by atoms with van der Waals surface area (Å²) in [6.07, 6.45) is 3.97. The molecule has 0 aromatic heterocycles. The zero-order chi connectivity index (χ0) is 20.1. The fraction of sp³-hybridized carbons (Fsp3) is 0.579. The van der Waals surface area contributed by atoms with Gasteiger partial charge in [-0.05, 0) is 56.4 Å². The maximum Gasteiger partial charge on any atom is 0.411 e. The van der Waals surface area contributed by atoms with Gasteiger partial charge in [-0.3, -0.25) is 10.1 Å². The normalized spacial score (nSPS) is 21.2. The standard InChI is InChI=1S/C19H27N3O5S/c1-27-19(24)20-16-7-9-17(10-8-16)28(25,26)22-13-5-6-15(14-22)18(23)21-11-3-2-4-12-21/h7-10,15H,2-6,11-14H2,1H3,(H,20,24)/t15-/m0/s1. The van der Waals surface area contributed by atoms with E-state index in [2.05, 4.69) is 10.1 Å². The number of ether oxygens (including phenoxy) is 1. The number of hydrogen-bond donors (Lipinski definition) is 1. The van der Waals surface area contributed by atoms with E-state index in [9.17, 15) is 18.0 Å². The number of amides is 2. The molecule has 2 amide bonds. The van der Waals surface area contributed by atoms with Crippen molar-refractivity contribution in [2.75, 3.05) is 38.6 Å². The third-order valence-electron chi connectivity index (χ3n) is 5.32. The van der Waals surface area contributed by atoms with Crippen LogP contribution in [0.15, 0.2) is 29.2 Å². The molecule has 1 atom stereocenters. The number of likely N-dealkylation sites (tertiary alicyclic amines) is 1. The van der Waals surface area contributed by atoms with Gasteiger partial charge in [0, 0.05) is 31.9 Å². The van der Waals surface area contributed by atoms with Gasteiger partial charge in [0.1, 0.15) is 0 Å². The van der Waals surface area contributed by atoms with E-state index in [4.69, 9.17) is 0 Å². The fourth-order valence-corrected chi connectivity index (χ4v) is 5.29. The number of methoxy groups -OCH3 is 1. The van der Waals surface area contributed by atoms with Crippen LogP contribution < -0.4 is 5.32 Å². The lowest BCUT2D eigenvalue weighted by molar-refractivity contribution is -0.137. The second-order valence-electron chi connectivity index (χ2n) is 7.23. The van der Waals surface area contributed by atoms with Crippen LogP contribution in [0, 0.1) is 5.92 Å². The largest absolute Gasteiger partial charge is 0.453 e. The zero-order valence-corrected chi connectivity index (χ0v) is 16.9. The molecule has 2 heterocycles. The predicted octanol–water partition coefficient (Wildman–Crippen LogP) is 2.28. The average molecular weight is 410 g/mol. The molecule has 0 unspecified atom stereocenters. The Balaban J connectivity index is 1.68. The van der Waals surface area contributed by atoms with Gasteiger partial charge in [-0.15, -0.1) is 0 Å². The zero-order valence-electron chi connectivity index (χ0n) is 16.1. The number of nitrogens with one attached hydrogen (secondary N) is 1. The Labute approximate surface area is 165 Å². The van der Waals surface area contributed by atoms with Crippen molar-refractivity contribution >= 4 is 27.7 Å². The minimum Gasteiger partial charge on any atom is -0.453 e. The number of carbonyl (C=O) groups is 2. The quantitative estimate of drug-likeness (QED) is 0.823. The molecule has 2 saturated heterocycles. The van der Waals surface area contributed by atoms with Crippen molar-refractivity contribution in [2.45, 2.75) is 37.0 Å². The summed E-state index contributed by atoms with van der Waals surface area (Å²) in [5.74, 6) is -0.195. The minimum atomic E-state index is -3.69. The lowest BCUT2D eigenvalue weighted by Gasteiger charge is -2.35. The number of rotatable bonds is 4. The molecule has 0 radical (unpaired) electrons. The maximum absolute atomic E-state index is 13.0. The SMILES string of the molecule is COC(=O)Nc1ccc(S(=O)(=O)N2CCC[C@H](C(=O)N3CCCCC3)C2)cc1. The van der Waals surface area contributed by atoms with Gasteiger partial charge in [0.25, 0.3) is 0 Å². The molecule has 2 fully saturated rings. The molecule has 2 aliphatic heterocycles. The Hall–Kier alpha value is -2.13. The van der Waals surface area contributed by atoms with Crippen LogP contribution in [0.25, 0.3) is 0 Å². The summed E-state index contributed by atoms with van der Waals surface area (Å²) < 4.78 is 31.9. The first kappa shape index (κ1) is 20.6. The van der Waals surface area contributed by atoms with E-state index in [1.165, 1.54) is 35.7 Å². The highest BCUT2D eigenvalue weighted by Gasteiger charge is 2.35. The van der Waals surface area contributed by atoms with Gasteiger partial charge in [-0.1, -0.05) is 0 Å². The van der Waals surface area contributed by atoms with Crippen LogP contribution in [-0.2, 0) is 19.6 Å². The number of anilines is 1. The molecule has 2 aliphatic rings. The second kappa shape index (κ2) is 8.91. The van der Waals surface area contributed by atoms with Crippen molar-refractivity contribution in [3.05, 3.63) is 24.3 Å². The van der Waals surface area contributed by atoms with Gasteiger partial charge < -0.3 is 9.64 Å². The molecule has 154 valence electrons. The number of carbonyl (C=O) groups excluding carboxylic acids is 2. The van der Waals surface area contributed by atoms with Crippen LogP contribution in [0.4, 0.5) is 10.5 Å². The van der Waals surface area contributed by atoms with Gasteiger partial charge in [0.2, 0.25) is 15.9 Å². The third kappa shape index (κ3) is 4.64. The summed E-state index contributed by atoms with van der Waals surface area (Å²) in [5, 5.41) is 2.49. The topological polar surface area (TPSA) is 96.0 Å². The molecule has 3 rings (SSSR count). The molecule has 0 saturated carbocycles. The van der Waals surface area contributed by atoms with Crippen LogP contribution in [0.3, 0.4) is 0 Å². The first-order valence-corrected chi connectivity index (χ1v) is 11.1. The number of piperidine rings is 2. The highest BCUT2D eigenvalue weighted by Crippen LogP contribution is 2.26. The molecule has 8 nitrogen and oxygen atoms in total. The van der Waals surface area contributed by atoms with E-state index in [1.54, 1.807) is 0 Å².